The molecule has 6 heteroatoms. The van der Waals surface area contributed by atoms with E-state index in [-0.39, 0.29) is 22.9 Å². The zero-order valence-electron chi connectivity index (χ0n) is 12.7. The molecule has 22 heavy (non-hydrogen) atoms. The number of hydrogen-bond donors (Lipinski definition) is 0. The Hall–Kier alpha value is -1.62. The summed E-state index contributed by atoms with van der Waals surface area (Å²) in [6.07, 6.45) is 3.78. The van der Waals surface area contributed by atoms with Crippen LogP contribution in [0, 0.1) is 5.82 Å². The fourth-order valence-corrected chi connectivity index (χ4v) is 2.73. The SMILES string of the molecule is CCOC(=O)C(=NOC1(C)CCCC1)c1c(F)cccc1Cl. The summed E-state index contributed by atoms with van der Waals surface area (Å²) in [5, 5.41) is 4.00. The molecule has 2 rings (SSSR count). The molecule has 1 aromatic carbocycles. The van der Waals surface area contributed by atoms with Gasteiger partial charge in [-0.25, -0.2) is 9.18 Å². The lowest BCUT2D eigenvalue weighted by Crippen LogP contribution is -2.26. The Morgan fingerprint density at radius 3 is 2.68 bits per heavy atom. The van der Waals surface area contributed by atoms with Crippen LogP contribution in [0.4, 0.5) is 4.39 Å². The van der Waals surface area contributed by atoms with Crippen molar-refractivity contribution in [2.45, 2.75) is 45.1 Å². The van der Waals surface area contributed by atoms with Gasteiger partial charge < -0.3 is 9.57 Å². The van der Waals surface area contributed by atoms with E-state index >= 15 is 0 Å². The van der Waals surface area contributed by atoms with Crippen LogP contribution in [0.15, 0.2) is 23.4 Å². The smallest absolute Gasteiger partial charge is 0.361 e. The van der Waals surface area contributed by atoms with E-state index in [1.54, 1.807) is 6.92 Å². The van der Waals surface area contributed by atoms with E-state index in [0.29, 0.717) is 0 Å². The van der Waals surface area contributed by atoms with Crippen molar-refractivity contribution in [3.05, 3.63) is 34.6 Å². The van der Waals surface area contributed by atoms with Gasteiger partial charge in [0.1, 0.15) is 11.4 Å². The highest BCUT2D eigenvalue weighted by Crippen LogP contribution is 2.33. The summed E-state index contributed by atoms with van der Waals surface area (Å²) in [5.74, 6) is -1.39. The van der Waals surface area contributed by atoms with Crippen LogP contribution < -0.4 is 0 Å². The van der Waals surface area contributed by atoms with Crippen molar-refractivity contribution in [1.29, 1.82) is 0 Å². The van der Waals surface area contributed by atoms with E-state index in [2.05, 4.69) is 5.16 Å². The third kappa shape index (κ3) is 3.77. The molecular formula is C16H19ClFNO3. The number of ether oxygens (including phenoxy) is 1. The van der Waals surface area contributed by atoms with E-state index in [1.165, 1.54) is 18.2 Å². The Morgan fingerprint density at radius 2 is 2.09 bits per heavy atom. The summed E-state index contributed by atoms with van der Waals surface area (Å²) in [7, 11) is 0. The normalized spacial score (nSPS) is 17.4. The minimum Gasteiger partial charge on any atom is -0.461 e. The quantitative estimate of drug-likeness (QED) is 0.465. The van der Waals surface area contributed by atoms with Gasteiger partial charge in [0.15, 0.2) is 5.71 Å². The highest BCUT2D eigenvalue weighted by molar-refractivity contribution is 6.47. The van der Waals surface area contributed by atoms with Gasteiger partial charge in [0.05, 0.1) is 17.2 Å². The lowest BCUT2D eigenvalue weighted by Gasteiger charge is -2.21. The first-order valence-corrected chi connectivity index (χ1v) is 7.72. The number of esters is 1. The van der Waals surface area contributed by atoms with Crippen molar-refractivity contribution in [2.75, 3.05) is 6.61 Å². The van der Waals surface area contributed by atoms with Crippen molar-refractivity contribution in [3.8, 4) is 0 Å². The lowest BCUT2D eigenvalue weighted by molar-refractivity contribution is -0.135. The molecule has 4 nitrogen and oxygen atoms in total. The molecule has 0 spiro atoms. The molecule has 0 N–H and O–H groups in total. The first-order valence-electron chi connectivity index (χ1n) is 7.34. The van der Waals surface area contributed by atoms with Crippen LogP contribution in [-0.4, -0.2) is 23.9 Å². The maximum Gasteiger partial charge on any atom is 0.361 e. The van der Waals surface area contributed by atoms with Gasteiger partial charge in [0.2, 0.25) is 0 Å². The van der Waals surface area contributed by atoms with Crippen LogP contribution in [0.5, 0.6) is 0 Å². The average Bonchev–Trinajstić information content (AvgIpc) is 2.89. The number of oxime groups is 1. The Morgan fingerprint density at radius 1 is 1.41 bits per heavy atom. The molecular weight excluding hydrogens is 309 g/mol. The molecule has 0 atom stereocenters. The van der Waals surface area contributed by atoms with Crippen molar-refractivity contribution in [1.82, 2.24) is 0 Å². The van der Waals surface area contributed by atoms with E-state index in [0.717, 1.165) is 25.7 Å². The second-order valence-corrected chi connectivity index (χ2v) is 5.91. The van der Waals surface area contributed by atoms with Crippen LogP contribution in [0.25, 0.3) is 0 Å². The standard InChI is InChI=1S/C16H19ClFNO3/c1-3-21-15(20)14(13-11(17)7-6-8-12(13)18)19-22-16(2)9-4-5-10-16/h6-8H,3-5,9-10H2,1-2H3. The Bertz CT molecular complexity index is 563. The van der Waals surface area contributed by atoms with Gasteiger partial charge in [-0.2, -0.15) is 0 Å². The molecule has 0 bridgehead atoms. The van der Waals surface area contributed by atoms with Crippen LogP contribution in [0.2, 0.25) is 5.02 Å². The highest BCUT2D eigenvalue weighted by atomic mass is 35.5. The van der Waals surface area contributed by atoms with Gasteiger partial charge in [0, 0.05) is 0 Å². The summed E-state index contributed by atoms with van der Waals surface area (Å²) in [6, 6.07) is 4.17. The van der Waals surface area contributed by atoms with E-state index < -0.39 is 17.4 Å². The number of rotatable bonds is 5. The first kappa shape index (κ1) is 16.7. The first-order chi connectivity index (χ1) is 10.5. The number of benzene rings is 1. The molecule has 120 valence electrons. The van der Waals surface area contributed by atoms with Crippen molar-refractivity contribution >= 4 is 23.3 Å². The van der Waals surface area contributed by atoms with Gasteiger partial charge in [0.25, 0.3) is 0 Å². The van der Waals surface area contributed by atoms with E-state index in [1.807, 2.05) is 6.92 Å². The number of halogens is 2. The monoisotopic (exact) mass is 327 g/mol. The molecule has 0 heterocycles. The molecule has 1 aliphatic rings. The second kappa shape index (κ2) is 7.09. The maximum atomic E-state index is 14.1. The average molecular weight is 328 g/mol. The molecule has 1 fully saturated rings. The number of nitrogens with zero attached hydrogens (tertiary/aromatic N) is 1. The molecule has 0 radical (unpaired) electrons. The van der Waals surface area contributed by atoms with Crippen molar-refractivity contribution < 1.29 is 18.8 Å². The number of carbonyl (C=O) groups excluding carboxylic acids is 1. The summed E-state index contributed by atoms with van der Waals surface area (Å²) in [4.78, 5) is 17.6. The Kier molecular flexibility index (Phi) is 5.40. The molecule has 0 aromatic heterocycles. The van der Waals surface area contributed by atoms with Gasteiger partial charge in [-0.1, -0.05) is 22.8 Å². The zero-order chi connectivity index (χ0) is 16.2. The van der Waals surface area contributed by atoms with Crippen LogP contribution in [0.3, 0.4) is 0 Å². The molecule has 1 aromatic rings. The third-order valence-electron chi connectivity index (χ3n) is 3.69. The highest BCUT2D eigenvalue weighted by Gasteiger charge is 2.32. The molecule has 0 aliphatic heterocycles. The van der Waals surface area contributed by atoms with Gasteiger partial charge >= 0.3 is 5.97 Å². The predicted molar refractivity (Wildman–Crippen MR) is 82.5 cm³/mol. The summed E-state index contributed by atoms with van der Waals surface area (Å²) in [6.45, 7) is 3.74. The fraction of sp³-hybridized carbons (Fsp3) is 0.500. The van der Waals surface area contributed by atoms with Gasteiger partial charge in [-0.05, 0) is 51.7 Å². The fourth-order valence-electron chi connectivity index (χ4n) is 2.48. The van der Waals surface area contributed by atoms with Crippen molar-refractivity contribution in [3.63, 3.8) is 0 Å². The zero-order valence-corrected chi connectivity index (χ0v) is 13.5. The number of hydrogen-bond acceptors (Lipinski definition) is 4. The van der Waals surface area contributed by atoms with Crippen molar-refractivity contribution in [2.24, 2.45) is 5.16 Å². The Balaban J connectivity index is 2.36. The molecule has 0 amide bonds. The summed E-state index contributed by atoms with van der Waals surface area (Å²) in [5.41, 5.74) is -0.766. The maximum absolute atomic E-state index is 14.1. The van der Waals surface area contributed by atoms with Crippen LogP contribution in [-0.2, 0) is 14.4 Å². The van der Waals surface area contributed by atoms with E-state index in [9.17, 15) is 9.18 Å². The minimum atomic E-state index is -0.754. The summed E-state index contributed by atoms with van der Waals surface area (Å²) < 4.78 is 19.0. The van der Waals surface area contributed by atoms with Crippen LogP contribution >= 0.6 is 11.6 Å². The molecule has 1 saturated carbocycles. The molecule has 0 unspecified atom stereocenters. The van der Waals surface area contributed by atoms with E-state index in [4.69, 9.17) is 21.2 Å². The third-order valence-corrected chi connectivity index (χ3v) is 4.00. The topological polar surface area (TPSA) is 47.9 Å². The Labute approximate surface area is 134 Å². The minimum absolute atomic E-state index is 0.0898. The van der Waals surface area contributed by atoms with Gasteiger partial charge in [-0.15, -0.1) is 0 Å². The molecule has 1 aliphatic carbocycles. The lowest BCUT2D eigenvalue weighted by atomic mass is 10.1. The second-order valence-electron chi connectivity index (χ2n) is 5.51. The summed E-state index contributed by atoms with van der Waals surface area (Å²) >= 11 is 6.01. The van der Waals surface area contributed by atoms with Gasteiger partial charge in [-0.3, -0.25) is 0 Å². The largest absolute Gasteiger partial charge is 0.461 e. The predicted octanol–water partition coefficient (Wildman–Crippen LogP) is 4.10. The van der Waals surface area contributed by atoms with Crippen LogP contribution in [0.1, 0.15) is 45.1 Å². The molecule has 0 saturated heterocycles. The number of carbonyl (C=O) groups is 1.